The molecule has 4 rings (SSSR count). The van der Waals surface area contributed by atoms with Crippen LogP contribution in [-0.4, -0.2) is 33.8 Å². The molecule has 1 unspecified atom stereocenters. The number of aryl methyl sites for hydroxylation is 2. The minimum absolute atomic E-state index is 0.0302. The highest BCUT2D eigenvalue weighted by atomic mass is 16.5. The molecule has 1 aliphatic rings. The Labute approximate surface area is 212 Å². The maximum absolute atomic E-state index is 13.5. The van der Waals surface area contributed by atoms with Gasteiger partial charge in [0.15, 0.2) is 0 Å². The van der Waals surface area contributed by atoms with Crippen LogP contribution in [-0.2, 0) is 21.5 Å². The van der Waals surface area contributed by atoms with Crippen LogP contribution in [0.3, 0.4) is 0 Å². The Kier molecular flexibility index (Phi) is 6.72. The number of Topliss-reactive ketones (excluding diaryl/α,β-unsaturated/α-hetero) is 1. The summed E-state index contributed by atoms with van der Waals surface area (Å²) < 4.78 is 5.53. The maximum atomic E-state index is 13.5. The van der Waals surface area contributed by atoms with Crippen molar-refractivity contribution < 1.29 is 19.4 Å². The first-order valence-corrected chi connectivity index (χ1v) is 12.0. The van der Waals surface area contributed by atoms with E-state index in [1.807, 2.05) is 50.2 Å². The fourth-order valence-electron chi connectivity index (χ4n) is 4.59. The summed E-state index contributed by atoms with van der Waals surface area (Å²) >= 11 is 0. The lowest BCUT2D eigenvalue weighted by Crippen LogP contribution is -2.29. The molecular formula is C30H32N2O4. The first-order valence-electron chi connectivity index (χ1n) is 12.0. The number of methoxy groups -OCH3 is 1. The number of hydrogen-bond donors (Lipinski definition) is 1. The Balaban J connectivity index is 1.93. The largest absolute Gasteiger partial charge is 0.507 e. The average Bonchev–Trinajstić information content (AvgIpc) is 3.10. The lowest BCUT2D eigenvalue weighted by atomic mass is 9.85. The van der Waals surface area contributed by atoms with E-state index in [2.05, 4.69) is 25.8 Å². The molecule has 6 nitrogen and oxygen atoms in total. The molecular weight excluding hydrogens is 452 g/mol. The minimum atomic E-state index is -0.790. The van der Waals surface area contributed by atoms with Gasteiger partial charge in [-0.1, -0.05) is 56.7 Å². The summed E-state index contributed by atoms with van der Waals surface area (Å²) in [6.07, 6.45) is 3.26. The van der Waals surface area contributed by atoms with Crippen molar-refractivity contribution in [3.05, 3.63) is 99.9 Å². The van der Waals surface area contributed by atoms with Gasteiger partial charge in [0.1, 0.15) is 11.5 Å². The number of nitrogens with zero attached hydrogens (tertiary/aromatic N) is 2. The highest BCUT2D eigenvalue weighted by Crippen LogP contribution is 2.42. The van der Waals surface area contributed by atoms with E-state index in [9.17, 15) is 14.7 Å². The molecule has 0 bridgehead atoms. The van der Waals surface area contributed by atoms with E-state index >= 15 is 0 Å². The van der Waals surface area contributed by atoms with Gasteiger partial charge in [-0.15, -0.1) is 0 Å². The van der Waals surface area contributed by atoms with Crippen LogP contribution in [0.15, 0.2) is 66.5 Å². The number of benzene rings is 2. The second-order valence-electron chi connectivity index (χ2n) is 10.3. The van der Waals surface area contributed by atoms with Gasteiger partial charge in [-0.05, 0) is 59.7 Å². The number of aromatic nitrogens is 1. The standard InChI is InChI=1S/C30H32N2O4/c1-18-9-10-19(2)21(14-18)17-32-26(20-8-7-13-31-16-20)25(28(34)29(32)35)27(33)23-15-22(30(3,4)5)11-12-24(23)36-6/h7-16,26,33H,17H2,1-6H3/b27-25+. The number of pyridine rings is 1. The molecule has 1 saturated heterocycles. The molecule has 2 heterocycles. The second kappa shape index (κ2) is 9.61. The predicted molar refractivity (Wildman–Crippen MR) is 140 cm³/mol. The molecule has 6 heteroatoms. The van der Waals surface area contributed by atoms with Gasteiger partial charge >= 0.3 is 0 Å². The number of likely N-dealkylation sites (tertiary alicyclic amines) is 1. The molecule has 0 radical (unpaired) electrons. The van der Waals surface area contributed by atoms with Gasteiger partial charge in [0.05, 0.1) is 24.3 Å². The van der Waals surface area contributed by atoms with Crippen molar-refractivity contribution in [2.45, 2.75) is 52.6 Å². The average molecular weight is 485 g/mol. The smallest absolute Gasteiger partial charge is 0.295 e. The van der Waals surface area contributed by atoms with Crippen molar-refractivity contribution in [3.63, 3.8) is 0 Å². The molecule has 1 N–H and O–H groups in total. The summed E-state index contributed by atoms with van der Waals surface area (Å²) in [7, 11) is 1.51. The summed E-state index contributed by atoms with van der Waals surface area (Å²) in [4.78, 5) is 32.6. The van der Waals surface area contributed by atoms with Crippen molar-refractivity contribution in [2.75, 3.05) is 7.11 Å². The number of rotatable bonds is 5. The second-order valence-corrected chi connectivity index (χ2v) is 10.3. The van der Waals surface area contributed by atoms with Gasteiger partial charge in [0.25, 0.3) is 11.7 Å². The third-order valence-corrected chi connectivity index (χ3v) is 6.71. The molecule has 1 amide bonds. The Hall–Kier alpha value is -3.93. The molecule has 2 aromatic carbocycles. The van der Waals surface area contributed by atoms with Crippen LogP contribution in [0.2, 0.25) is 0 Å². The fourth-order valence-corrected chi connectivity index (χ4v) is 4.59. The molecule has 1 aromatic heterocycles. The third-order valence-electron chi connectivity index (χ3n) is 6.71. The number of aliphatic hydroxyl groups is 1. The van der Waals surface area contributed by atoms with Crippen LogP contribution in [0.1, 0.15) is 60.2 Å². The van der Waals surface area contributed by atoms with Gasteiger partial charge in [0, 0.05) is 18.9 Å². The van der Waals surface area contributed by atoms with E-state index in [4.69, 9.17) is 4.74 Å². The Morgan fingerprint density at radius 2 is 1.83 bits per heavy atom. The zero-order chi connectivity index (χ0) is 26.2. The molecule has 186 valence electrons. The van der Waals surface area contributed by atoms with Gasteiger partial charge in [-0.2, -0.15) is 0 Å². The Morgan fingerprint density at radius 1 is 1.08 bits per heavy atom. The summed E-state index contributed by atoms with van der Waals surface area (Å²) in [6.45, 7) is 10.4. The van der Waals surface area contributed by atoms with Crippen LogP contribution in [0, 0.1) is 13.8 Å². The number of aliphatic hydroxyl groups excluding tert-OH is 1. The summed E-state index contributed by atoms with van der Waals surface area (Å²) in [5, 5.41) is 11.6. The molecule has 0 spiro atoms. The number of hydrogen-bond acceptors (Lipinski definition) is 5. The van der Waals surface area contributed by atoms with E-state index < -0.39 is 17.7 Å². The van der Waals surface area contributed by atoms with Crippen LogP contribution in [0.5, 0.6) is 5.75 Å². The molecule has 3 aromatic rings. The van der Waals surface area contributed by atoms with Crippen LogP contribution in [0.25, 0.3) is 5.76 Å². The molecule has 0 saturated carbocycles. The van der Waals surface area contributed by atoms with Crippen molar-refractivity contribution in [1.82, 2.24) is 9.88 Å². The summed E-state index contributed by atoms with van der Waals surface area (Å²) in [5.74, 6) is -1.22. The van der Waals surface area contributed by atoms with Crippen LogP contribution >= 0.6 is 0 Å². The Morgan fingerprint density at radius 3 is 2.47 bits per heavy atom. The number of ether oxygens (including phenoxy) is 1. The van der Waals surface area contributed by atoms with E-state index in [1.54, 1.807) is 24.5 Å². The maximum Gasteiger partial charge on any atom is 0.295 e. The lowest BCUT2D eigenvalue weighted by molar-refractivity contribution is -0.140. The van der Waals surface area contributed by atoms with Gasteiger partial charge in [-0.25, -0.2) is 0 Å². The van der Waals surface area contributed by atoms with Crippen LogP contribution < -0.4 is 4.74 Å². The molecule has 0 aliphatic carbocycles. The SMILES string of the molecule is COc1ccc(C(C)(C)C)cc1/C(O)=C1\C(=O)C(=O)N(Cc2cc(C)ccc2C)C1c1cccnc1. The number of ketones is 1. The Bertz CT molecular complexity index is 1350. The van der Waals surface area contributed by atoms with Crippen molar-refractivity contribution >= 4 is 17.4 Å². The number of amides is 1. The summed E-state index contributed by atoms with van der Waals surface area (Å²) in [5.41, 5.74) is 4.85. The summed E-state index contributed by atoms with van der Waals surface area (Å²) in [6, 6.07) is 14.4. The van der Waals surface area contributed by atoms with Crippen molar-refractivity contribution in [2.24, 2.45) is 0 Å². The third kappa shape index (κ3) is 4.63. The lowest BCUT2D eigenvalue weighted by Gasteiger charge is -2.26. The number of carbonyl (C=O) groups excluding carboxylic acids is 2. The molecule has 1 aliphatic heterocycles. The highest BCUT2D eigenvalue weighted by molar-refractivity contribution is 6.46. The van der Waals surface area contributed by atoms with E-state index in [0.29, 0.717) is 16.9 Å². The number of carbonyl (C=O) groups is 2. The quantitative estimate of drug-likeness (QED) is 0.289. The fraction of sp³-hybridized carbons (Fsp3) is 0.300. The predicted octanol–water partition coefficient (Wildman–Crippen LogP) is 5.63. The first kappa shape index (κ1) is 25.2. The van der Waals surface area contributed by atoms with Gasteiger partial charge in [0.2, 0.25) is 0 Å². The topological polar surface area (TPSA) is 79.7 Å². The minimum Gasteiger partial charge on any atom is -0.507 e. The molecule has 1 fully saturated rings. The van der Waals surface area contributed by atoms with E-state index in [1.165, 1.54) is 12.0 Å². The zero-order valence-corrected chi connectivity index (χ0v) is 21.6. The van der Waals surface area contributed by atoms with Gasteiger partial charge in [-0.3, -0.25) is 14.6 Å². The molecule has 1 atom stereocenters. The van der Waals surface area contributed by atoms with Crippen molar-refractivity contribution in [1.29, 1.82) is 0 Å². The van der Waals surface area contributed by atoms with Gasteiger partial charge < -0.3 is 14.7 Å². The zero-order valence-electron chi connectivity index (χ0n) is 21.6. The van der Waals surface area contributed by atoms with Crippen LogP contribution in [0.4, 0.5) is 0 Å². The molecule has 36 heavy (non-hydrogen) atoms. The van der Waals surface area contributed by atoms with E-state index in [0.717, 1.165) is 22.3 Å². The highest BCUT2D eigenvalue weighted by Gasteiger charge is 2.46. The normalized spacial score (nSPS) is 17.5. The van der Waals surface area contributed by atoms with E-state index in [-0.39, 0.29) is 23.3 Å². The monoisotopic (exact) mass is 484 g/mol. The van der Waals surface area contributed by atoms with Crippen molar-refractivity contribution in [3.8, 4) is 5.75 Å². The first-order chi connectivity index (χ1) is 17.0.